The van der Waals surface area contributed by atoms with Gasteiger partial charge in [-0.1, -0.05) is 18.2 Å². The first-order valence-electron chi connectivity index (χ1n) is 9.18. The quantitative estimate of drug-likeness (QED) is 0.188. The summed E-state index contributed by atoms with van der Waals surface area (Å²) in [6.07, 6.45) is -1.22. The summed E-state index contributed by atoms with van der Waals surface area (Å²) in [5.74, 6) is -0.391. The molecule has 0 bridgehead atoms. The Labute approximate surface area is 181 Å². The number of nitrogens with one attached hydrogen (secondary N) is 1. The molecule has 1 amide bonds. The summed E-state index contributed by atoms with van der Waals surface area (Å²) in [7, 11) is 1.27. The van der Waals surface area contributed by atoms with Crippen molar-refractivity contribution in [2.75, 3.05) is 12.4 Å². The van der Waals surface area contributed by atoms with E-state index in [4.69, 9.17) is 8.92 Å². The van der Waals surface area contributed by atoms with Gasteiger partial charge in [0, 0.05) is 18.2 Å². The van der Waals surface area contributed by atoms with Crippen LogP contribution in [0.5, 0.6) is 0 Å². The number of aliphatic hydroxyl groups is 1. The van der Waals surface area contributed by atoms with E-state index in [9.17, 15) is 19.5 Å². The van der Waals surface area contributed by atoms with Gasteiger partial charge in [-0.05, 0) is 25.1 Å². The number of carbonyl (C=O) groups excluding carboxylic acids is 2. The van der Waals surface area contributed by atoms with Crippen LogP contribution in [0.1, 0.15) is 29.9 Å². The van der Waals surface area contributed by atoms with E-state index < -0.39 is 35.6 Å². The molecule has 0 radical (unpaired) electrons. The van der Waals surface area contributed by atoms with Gasteiger partial charge in [0.15, 0.2) is 18.6 Å². The number of hydrogen-bond acceptors (Lipinski definition) is 10. The number of nitrogens with zero attached hydrogens (tertiary/aromatic N) is 2. The zero-order chi connectivity index (χ0) is 22.4. The monoisotopic (exact) mass is 451 g/mol. The van der Waals surface area contributed by atoms with Gasteiger partial charge in [0.1, 0.15) is 23.8 Å². The van der Waals surface area contributed by atoms with E-state index in [2.05, 4.69) is 19.5 Å². The lowest BCUT2D eigenvalue weighted by atomic mass is 9.95. The summed E-state index contributed by atoms with van der Waals surface area (Å²) >= 11 is 0.462. The second kappa shape index (κ2) is 10.1. The first-order chi connectivity index (χ1) is 14.9. The number of hydrogen-bond donors (Lipinski definition) is 2. The van der Waals surface area contributed by atoms with E-state index in [1.165, 1.54) is 26.3 Å². The Morgan fingerprint density at radius 2 is 2.13 bits per heavy atom. The van der Waals surface area contributed by atoms with Crippen LogP contribution in [0.25, 0.3) is 0 Å². The van der Waals surface area contributed by atoms with Crippen molar-refractivity contribution >= 4 is 30.3 Å². The fourth-order valence-electron chi connectivity index (χ4n) is 3.20. The molecule has 3 rings (SSSR count). The van der Waals surface area contributed by atoms with E-state index in [0.29, 0.717) is 24.2 Å². The Balaban J connectivity index is 1.80. The molecule has 0 spiro atoms. The standard InChI is InChI=1S/C19H21N3O8S/c1-19(26)15(29-31-30-27-2)13(9-11-23)28-17(19)22-10-8-14(21-18(22)25)20-16(24)12-6-4-3-5-7-12/h3-8,10-11,13,15,17,26H,9H2,1-2H3,(H,20,21,24,25)/t13-,15+,17-,19?/m1/s1. The number of benzene rings is 1. The number of anilines is 1. The summed E-state index contributed by atoms with van der Waals surface area (Å²) in [5, 5.41) is 13.6. The largest absolute Gasteiger partial charge is 0.383 e. The Morgan fingerprint density at radius 1 is 1.39 bits per heavy atom. The molecular weight excluding hydrogens is 430 g/mol. The summed E-state index contributed by atoms with van der Waals surface area (Å²) in [5.41, 5.74) is -2.09. The average Bonchev–Trinajstić information content (AvgIpc) is 2.99. The molecule has 1 aromatic carbocycles. The fraction of sp³-hybridized carbons (Fsp3) is 0.368. The molecule has 0 aliphatic carbocycles. The Kier molecular flexibility index (Phi) is 7.54. The number of carbonyl (C=O) groups is 2. The van der Waals surface area contributed by atoms with Crippen LogP contribution in [0.2, 0.25) is 0 Å². The van der Waals surface area contributed by atoms with E-state index >= 15 is 0 Å². The molecule has 1 saturated heterocycles. The lowest BCUT2D eigenvalue weighted by Gasteiger charge is -2.29. The molecule has 4 atom stereocenters. The van der Waals surface area contributed by atoms with Crippen LogP contribution in [0.4, 0.5) is 5.82 Å². The number of ether oxygens (including phenoxy) is 1. The molecule has 11 nitrogen and oxygen atoms in total. The van der Waals surface area contributed by atoms with Gasteiger partial charge in [-0.25, -0.2) is 9.68 Å². The highest BCUT2D eigenvalue weighted by molar-refractivity contribution is 7.89. The zero-order valence-electron chi connectivity index (χ0n) is 16.7. The number of aromatic nitrogens is 2. The van der Waals surface area contributed by atoms with Crippen LogP contribution in [0, 0.1) is 0 Å². The summed E-state index contributed by atoms with van der Waals surface area (Å²) in [6, 6.07) is 9.84. The topological polar surface area (TPSA) is 138 Å². The third kappa shape index (κ3) is 5.18. The summed E-state index contributed by atoms with van der Waals surface area (Å²) in [6.45, 7) is 1.40. The number of rotatable bonds is 9. The molecule has 2 aromatic rings. The minimum Gasteiger partial charge on any atom is -0.383 e. The predicted molar refractivity (Wildman–Crippen MR) is 109 cm³/mol. The van der Waals surface area contributed by atoms with Crippen molar-refractivity contribution in [2.45, 2.75) is 37.4 Å². The van der Waals surface area contributed by atoms with Gasteiger partial charge in [0.2, 0.25) is 0 Å². The van der Waals surface area contributed by atoms with E-state index in [-0.39, 0.29) is 12.2 Å². The SMILES string of the molecule is COOSO[C@H]1[C@@H](CC=O)O[C@@H](n2ccc(NC(=O)c3ccccc3)nc2=O)C1(C)O. The highest BCUT2D eigenvalue weighted by Crippen LogP contribution is 2.41. The van der Waals surface area contributed by atoms with Gasteiger partial charge in [0.25, 0.3) is 5.91 Å². The Morgan fingerprint density at radius 3 is 2.77 bits per heavy atom. The smallest absolute Gasteiger partial charge is 0.351 e. The van der Waals surface area contributed by atoms with E-state index in [0.717, 1.165) is 4.57 Å². The lowest BCUT2D eigenvalue weighted by molar-refractivity contribution is -0.171. The molecule has 31 heavy (non-hydrogen) atoms. The maximum absolute atomic E-state index is 12.6. The summed E-state index contributed by atoms with van der Waals surface area (Å²) in [4.78, 5) is 44.2. The van der Waals surface area contributed by atoms with Gasteiger partial charge in [0.05, 0.1) is 13.2 Å². The average molecular weight is 451 g/mol. The van der Waals surface area contributed by atoms with Crippen LogP contribution >= 0.6 is 12.3 Å². The van der Waals surface area contributed by atoms with Crippen LogP contribution < -0.4 is 11.0 Å². The van der Waals surface area contributed by atoms with Crippen molar-refractivity contribution in [3.05, 3.63) is 58.6 Å². The first-order valence-corrected chi connectivity index (χ1v) is 9.85. The van der Waals surface area contributed by atoms with Crippen LogP contribution in [-0.4, -0.2) is 51.8 Å². The van der Waals surface area contributed by atoms with Gasteiger partial charge < -0.3 is 20.0 Å². The molecule has 2 heterocycles. The van der Waals surface area contributed by atoms with Gasteiger partial charge in [-0.15, -0.1) is 4.33 Å². The van der Waals surface area contributed by atoms with Crippen LogP contribution in [-0.2, 0) is 22.9 Å². The maximum Gasteiger partial charge on any atom is 0.351 e. The third-order valence-electron chi connectivity index (χ3n) is 4.64. The van der Waals surface area contributed by atoms with Gasteiger partial charge in [-0.2, -0.15) is 4.98 Å². The second-order valence-corrected chi connectivity index (χ2v) is 7.26. The van der Waals surface area contributed by atoms with Gasteiger partial charge >= 0.3 is 5.69 Å². The second-order valence-electron chi connectivity index (χ2n) is 6.80. The minimum atomic E-state index is -1.72. The van der Waals surface area contributed by atoms with Crippen LogP contribution in [0.3, 0.4) is 0 Å². The molecule has 1 aliphatic heterocycles. The number of aldehydes is 1. The highest BCUT2D eigenvalue weighted by atomic mass is 32.2. The molecule has 1 unspecified atom stereocenters. The van der Waals surface area contributed by atoms with Crippen molar-refractivity contribution in [1.82, 2.24) is 9.55 Å². The lowest BCUT2D eigenvalue weighted by Crippen LogP contribution is -2.46. The molecule has 2 N–H and O–H groups in total. The summed E-state index contributed by atoms with van der Waals surface area (Å²) < 4.78 is 16.8. The van der Waals surface area contributed by atoms with Gasteiger partial charge in [-0.3, -0.25) is 13.5 Å². The molecule has 0 saturated carbocycles. The van der Waals surface area contributed by atoms with Crippen molar-refractivity contribution in [3.8, 4) is 0 Å². The van der Waals surface area contributed by atoms with E-state index in [1.54, 1.807) is 30.3 Å². The Bertz CT molecular complexity index is 968. The molecule has 12 heteroatoms. The number of amides is 1. The maximum atomic E-state index is 12.6. The zero-order valence-corrected chi connectivity index (χ0v) is 17.5. The fourth-order valence-corrected chi connectivity index (χ4v) is 3.69. The molecular formula is C19H21N3O8S. The Hall–Kier alpha value is -2.61. The van der Waals surface area contributed by atoms with Crippen molar-refractivity contribution < 1.29 is 32.8 Å². The molecule has 1 aliphatic rings. The molecule has 1 aromatic heterocycles. The highest BCUT2D eigenvalue weighted by Gasteiger charge is 2.55. The van der Waals surface area contributed by atoms with Crippen molar-refractivity contribution in [2.24, 2.45) is 0 Å². The van der Waals surface area contributed by atoms with Crippen LogP contribution in [0.15, 0.2) is 47.4 Å². The predicted octanol–water partition coefficient (Wildman–Crippen LogP) is 1.26. The minimum absolute atomic E-state index is 0.0361. The van der Waals surface area contributed by atoms with E-state index in [1.807, 2.05) is 0 Å². The van der Waals surface area contributed by atoms with Crippen molar-refractivity contribution in [1.29, 1.82) is 0 Å². The first kappa shape index (κ1) is 23.1. The van der Waals surface area contributed by atoms with Crippen molar-refractivity contribution in [3.63, 3.8) is 0 Å². The normalized spacial score (nSPS) is 25.3. The molecule has 166 valence electrons. The molecule has 1 fully saturated rings. The third-order valence-corrected chi connectivity index (χ3v) is 5.12.